The SMILES string of the molecule is CN(C)C(=O)Oc1cccc(C(O)CNc2ccc(F)cc2)c1.Cl. The third-order valence-electron chi connectivity index (χ3n) is 3.16. The second-order valence-corrected chi connectivity index (χ2v) is 5.24. The summed E-state index contributed by atoms with van der Waals surface area (Å²) in [6, 6.07) is 12.6. The van der Waals surface area contributed by atoms with Gasteiger partial charge in [-0.25, -0.2) is 9.18 Å². The number of rotatable bonds is 5. The van der Waals surface area contributed by atoms with E-state index in [1.807, 2.05) is 0 Å². The number of benzene rings is 2. The number of carbonyl (C=O) groups excluding carboxylic acids is 1. The topological polar surface area (TPSA) is 61.8 Å². The van der Waals surface area contributed by atoms with Crippen LogP contribution in [-0.4, -0.2) is 36.7 Å². The second kappa shape index (κ2) is 9.10. The fourth-order valence-electron chi connectivity index (χ4n) is 1.88. The Labute approximate surface area is 146 Å². The normalized spacial score (nSPS) is 11.2. The van der Waals surface area contributed by atoms with Gasteiger partial charge in [-0.15, -0.1) is 12.4 Å². The van der Waals surface area contributed by atoms with Crippen molar-refractivity contribution in [1.82, 2.24) is 4.90 Å². The molecule has 0 aliphatic carbocycles. The first kappa shape index (κ1) is 19.7. The second-order valence-electron chi connectivity index (χ2n) is 5.24. The summed E-state index contributed by atoms with van der Waals surface area (Å²) >= 11 is 0. The average molecular weight is 355 g/mol. The van der Waals surface area contributed by atoms with Gasteiger partial charge in [0.15, 0.2) is 0 Å². The summed E-state index contributed by atoms with van der Waals surface area (Å²) in [4.78, 5) is 12.8. The van der Waals surface area contributed by atoms with Gasteiger partial charge in [0, 0.05) is 26.3 Å². The third kappa shape index (κ3) is 5.72. The van der Waals surface area contributed by atoms with E-state index in [1.54, 1.807) is 50.5 Å². The number of hydrogen-bond acceptors (Lipinski definition) is 4. The Morgan fingerprint density at radius 1 is 1.25 bits per heavy atom. The highest BCUT2D eigenvalue weighted by molar-refractivity contribution is 5.85. The van der Waals surface area contributed by atoms with E-state index < -0.39 is 12.2 Å². The van der Waals surface area contributed by atoms with Crippen molar-refractivity contribution in [2.24, 2.45) is 0 Å². The van der Waals surface area contributed by atoms with Gasteiger partial charge in [-0.05, 0) is 42.0 Å². The highest BCUT2D eigenvalue weighted by atomic mass is 35.5. The van der Waals surface area contributed by atoms with Gasteiger partial charge >= 0.3 is 6.09 Å². The minimum absolute atomic E-state index is 0. The molecule has 1 atom stereocenters. The first-order chi connectivity index (χ1) is 11.0. The van der Waals surface area contributed by atoms with Gasteiger partial charge in [0.2, 0.25) is 0 Å². The summed E-state index contributed by atoms with van der Waals surface area (Å²) in [5.74, 6) is 0.0496. The summed E-state index contributed by atoms with van der Waals surface area (Å²) < 4.78 is 18.0. The van der Waals surface area contributed by atoms with Gasteiger partial charge in [0.25, 0.3) is 0 Å². The Balaban J connectivity index is 0.00000288. The summed E-state index contributed by atoms with van der Waals surface area (Å²) in [5.41, 5.74) is 1.32. The van der Waals surface area contributed by atoms with Gasteiger partial charge in [-0.1, -0.05) is 12.1 Å². The van der Waals surface area contributed by atoms with Gasteiger partial charge in [-0.3, -0.25) is 0 Å². The summed E-state index contributed by atoms with van der Waals surface area (Å²) in [6.07, 6.45) is -1.28. The number of nitrogens with one attached hydrogen (secondary N) is 1. The van der Waals surface area contributed by atoms with Gasteiger partial charge in [0.1, 0.15) is 11.6 Å². The number of aliphatic hydroxyl groups excluding tert-OH is 1. The van der Waals surface area contributed by atoms with Crippen LogP contribution in [0, 0.1) is 5.82 Å². The number of halogens is 2. The Kier molecular flexibility index (Phi) is 7.48. The van der Waals surface area contributed by atoms with E-state index in [9.17, 15) is 14.3 Å². The average Bonchev–Trinajstić information content (AvgIpc) is 2.54. The molecule has 24 heavy (non-hydrogen) atoms. The zero-order chi connectivity index (χ0) is 16.8. The van der Waals surface area contributed by atoms with E-state index >= 15 is 0 Å². The number of anilines is 1. The van der Waals surface area contributed by atoms with E-state index in [1.165, 1.54) is 17.0 Å². The van der Waals surface area contributed by atoms with E-state index in [2.05, 4.69) is 5.32 Å². The molecule has 1 amide bonds. The van der Waals surface area contributed by atoms with E-state index in [0.717, 1.165) is 0 Å². The number of hydrogen-bond donors (Lipinski definition) is 2. The lowest BCUT2D eigenvalue weighted by Crippen LogP contribution is -2.25. The molecule has 0 fully saturated rings. The molecule has 0 radical (unpaired) electrons. The highest BCUT2D eigenvalue weighted by Gasteiger charge is 2.11. The first-order valence-electron chi connectivity index (χ1n) is 7.12. The zero-order valence-corrected chi connectivity index (χ0v) is 14.2. The number of nitrogens with zero attached hydrogens (tertiary/aromatic N) is 1. The van der Waals surface area contributed by atoms with Crippen LogP contribution < -0.4 is 10.1 Å². The lowest BCUT2D eigenvalue weighted by atomic mass is 10.1. The van der Waals surface area contributed by atoms with Crippen molar-refractivity contribution < 1.29 is 19.0 Å². The van der Waals surface area contributed by atoms with E-state index in [-0.39, 0.29) is 24.8 Å². The van der Waals surface area contributed by atoms with Gasteiger partial charge < -0.3 is 20.1 Å². The molecular formula is C17H20ClFN2O3. The molecule has 0 aliphatic heterocycles. The van der Waals surface area contributed by atoms with Crippen molar-refractivity contribution in [1.29, 1.82) is 0 Å². The largest absolute Gasteiger partial charge is 0.414 e. The van der Waals surface area contributed by atoms with Crippen LogP contribution in [0.4, 0.5) is 14.9 Å². The quantitative estimate of drug-likeness (QED) is 0.863. The molecule has 1 unspecified atom stereocenters. The monoisotopic (exact) mass is 354 g/mol. The molecule has 0 saturated heterocycles. The molecule has 0 heterocycles. The van der Waals surface area contributed by atoms with Crippen LogP contribution in [0.15, 0.2) is 48.5 Å². The van der Waals surface area contributed by atoms with Gasteiger partial charge in [0.05, 0.1) is 6.10 Å². The fraction of sp³-hybridized carbons (Fsp3) is 0.235. The molecule has 130 valence electrons. The van der Waals surface area contributed by atoms with Crippen LogP contribution in [-0.2, 0) is 0 Å². The van der Waals surface area contributed by atoms with Crippen LogP contribution in [0.25, 0.3) is 0 Å². The summed E-state index contributed by atoms with van der Waals surface area (Å²) in [5, 5.41) is 13.2. The lowest BCUT2D eigenvalue weighted by molar-refractivity contribution is 0.170. The van der Waals surface area contributed by atoms with Gasteiger partial charge in [-0.2, -0.15) is 0 Å². The zero-order valence-electron chi connectivity index (χ0n) is 13.4. The van der Waals surface area contributed by atoms with Crippen LogP contribution in [0.5, 0.6) is 5.75 Å². The van der Waals surface area contributed by atoms with E-state index in [0.29, 0.717) is 17.0 Å². The standard InChI is InChI=1S/C17H19FN2O3.ClH/c1-20(2)17(22)23-15-5-3-4-12(10-15)16(21)11-19-14-8-6-13(18)7-9-14;/h3-10,16,19,21H,11H2,1-2H3;1H. The molecule has 0 spiro atoms. The Bertz CT molecular complexity index is 665. The van der Waals surface area contributed by atoms with Crippen molar-refractivity contribution in [2.45, 2.75) is 6.10 Å². The maximum absolute atomic E-state index is 12.8. The van der Waals surface area contributed by atoms with Crippen LogP contribution >= 0.6 is 12.4 Å². The molecule has 7 heteroatoms. The molecule has 5 nitrogen and oxygen atoms in total. The fourth-order valence-corrected chi connectivity index (χ4v) is 1.88. The molecule has 2 rings (SSSR count). The summed E-state index contributed by atoms with van der Waals surface area (Å²) in [7, 11) is 3.18. The van der Waals surface area contributed by atoms with Crippen molar-refractivity contribution in [3.05, 3.63) is 59.9 Å². The number of ether oxygens (including phenoxy) is 1. The molecule has 2 N–H and O–H groups in total. The number of carbonyl (C=O) groups is 1. The molecule has 0 saturated carbocycles. The predicted octanol–water partition coefficient (Wildman–Crippen LogP) is 3.45. The predicted molar refractivity (Wildman–Crippen MR) is 93.3 cm³/mol. The summed E-state index contributed by atoms with van der Waals surface area (Å²) in [6.45, 7) is 0.247. The van der Waals surface area contributed by atoms with Crippen molar-refractivity contribution in [3.63, 3.8) is 0 Å². The third-order valence-corrected chi connectivity index (χ3v) is 3.16. The van der Waals surface area contributed by atoms with E-state index in [4.69, 9.17) is 4.74 Å². The maximum atomic E-state index is 12.8. The van der Waals surface area contributed by atoms with Crippen LogP contribution in [0.3, 0.4) is 0 Å². The van der Waals surface area contributed by atoms with Crippen molar-refractivity contribution in [3.8, 4) is 5.75 Å². The minimum atomic E-state index is -0.793. The highest BCUT2D eigenvalue weighted by Crippen LogP contribution is 2.20. The Morgan fingerprint density at radius 2 is 1.92 bits per heavy atom. The van der Waals surface area contributed by atoms with Crippen molar-refractivity contribution >= 4 is 24.2 Å². The maximum Gasteiger partial charge on any atom is 0.414 e. The van der Waals surface area contributed by atoms with Crippen LogP contribution in [0.2, 0.25) is 0 Å². The first-order valence-corrected chi connectivity index (χ1v) is 7.12. The Hall–Kier alpha value is -2.31. The molecule has 0 aromatic heterocycles. The Morgan fingerprint density at radius 3 is 2.54 bits per heavy atom. The van der Waals surface area contributed by atoms with Crippen molar-refractivity contribution in [2.75, 3.05) is 26.0 Å². The smallest absolute Gasteiger partial charge is 0.410 e. The molecular weight excluding hydrogens is 335 g/mol. The lowest BCUT2D eigenvalue weighted by Gasteiger charge is -2.15. The minimum Gasteiger partial charge on any atom is -0.410 e. The molecule has 2 aromatic rings. The number of amides is 1. The number of aliphatic hydroxyl groups is 1. The molecule has 0 bridgehead atoms. The molecule has 2 aromatic carbocycles. The van der Waals surface area contributed by atoms with Crippen LogP contribution in [0.1, 0.15) is 11.7 Å². The molecule has 0 aliphatic rings.